The Kier molecular flexibility index (Phi) is 6.80. The first-order chi connectivity index (χ1) is 14.4. The van der Waals surface area contributed by atoms with E-state index in [9.17, 15) is 30.3 Å². The van der Waals surface area contributed by atoms with E-state index in [0.29, 0.717) is 0 Å². The molecular formula is C21H23NO8. The lowest BCUT2D eigenvalue weighted by atomic mass is 9.89. The van der Waals surface area contributed by atoms with Gasteiger partial charge in [-0.3, -0.25) is 9.78 Å². The number of aromatic nitrogens is 1. The van der Waals surface area contributed by atoms with E-state index in [-0.39, 0.29) is 22.6 Å². The van der Waals surface area contributed by atoms with Crippen molar-refractivity contribution < 1.29 is 39.8 Å². The summed E-state index contributed by atoms with van der Waals surface area (Å²) in [7, 11) is 1.33. The molecule has 30 heavy (non-hydrogen) atoms. The molecule has 0 radical (unpaired) electrons. The fourth-order valence-electron chi connectivity index (χ4n) is 3.28. The van der Waals surface area contributed by atoms with Crippen LogP contribution in [-0.2, 0) is 4.74 Å². The van der Waals surface area contributed by atoms with E-state index in [1.807, 2.05) is 0 Å². The van der Waals surface area contributed by atoms with Crippen molar-refractivity contribution in [2.75, 3.05) is 13.7 Å². The van der Waals surface area contributed by atoms with Gasteiger partial charge >= 0.3 is 0 Å². The number of phenolic OH excluding ortho intramolecular Hbond substituents is 1. The van der Waals surface area contributed by atoms with Gasteiger partial charge in [0.2, 0.25) is 0 Å². The van der Waals surface area contributed by atoms with Gasteiger partial charge < -0.3 is 35.0 Å². The number of hydrogen-bond acceptors (Lipinski definition) is 9. The highest BCUT2D eigenvalue weighted by Crippen LogP contribution is 2.40. The first-order valence-electron chi connectivity index (χ1n) is 9.21. The SMILES string of the molecule is COc1cc(O)c(C(=O)C=Cc2ccncc2)cc1C1OC(CO)C(O)C(O)C1O. The Morgan fingerprint density at radius 1 is 1.17 bits per heavy atom. The van der Waals surface area contributed by atoms with Crippen molar-refractivity contribution in [2.45, 2.75) is 30.5 Å². The van der Waals surface area contributed by atoms with Gasteiger partial charge in [0.05, 0.1) is 19.3 Å². The predicted octanol–water partition coefficient (Wildman–Crippen LogP) is 0.207. The van der Waals surface area contributed by atoms with Crippen LogP contribution in [0.4, 0.5) is 0 Å². The quantitative estimate of drug-likeness (QED) is 0.328. The number of nitrogens with zero attached hydrogens (tertiary/aromatic N) is 1. The summed E-state index contributed by atoms with van der Waals surface area (Å²) in [5.74, 6) is -0.756. The second kappa shape index (κ2) is 9.33. The van der Waals surface area contributed by atoms with Crippen LogP contribution in [0.1, 0.15) is 27.6 Å². The van der Waals surface area contributed by atoms with Gasteiger partial charge in [-0.15, -0.1) is 0 Å². The van der Waals surface area contributed by atoms with Gasteiger partial charge in [0.1, 0.15) is 42.0 Å². The average Bonchev–Trinajstić information content (AvgIpc) is 2.77. The number of rotatable bonds is 6. The lowest BCUT2D eigenvalue weighted by Gasteiger charge is -2.40. The molecule has 0 amide bonds. The fraction of sp³-hybridized carbons (Fsp3) is 0.333. The van der Waals surface area contributed by atoms with Crippen LogP contribution in [0.5, 0.6) is 11.5 Å². The molecule has 1 aromatic carbocycles. The minimum atomic E-state index is -1.59. The summed E-state index contributed by atoms with van der Waals surface area (Å²) in [6, 6.07) is 5.90. The molecule has 5 N–H and O–H groups in total. The third-order valence-electron chi connectivity index (χ3n) is 4.95. The number of carbonyl (C=O) groups is 1. The van der Waals surface area contributed by atoms with E-state index in [2.05, 4.69) is 4.98 Å². The maximum Gasteiger partial charge on any atom is 0.189 e. The summed E-state index contributed by atoms with van der Waals surface area (Å²) in [5.41, 5.74) is 0.835. The summed E-state index contributed by atoms with van der Waals surface area (Å²) in [6.07, 6.45) is -1.03. The Morgan fingerprint density at radius 2 is 1.87 bits per heavy atom. The smallest absolute Gasteiger partial charge is 0.189 e. The molecule has 160 valence electrons. The van der Waals surface area contributed by atoms with Crippen molar-refractivity contribution >= 4 is 11.9 Å². The average molecular weight is 417 g/mol. The molecule has 1 aromatic heterocycles. The molecule has 2 aromatic rings. The molecule has 5 unspecified atom stereocenters. The number of pyridine rings is 1. The maximum absolute atomic E-state index is 12.7. The van der Waals surface area contributed by atoms with Crippen molar-refractivity contribution in [3.63, 3.8) is 0 Å². The van der Waals surface area contributed by atoms with Gasteiger partial charge in [-0.25, -0.2) is 0 Å². The second-order valence-electron chi connectivity index (χ2n) is 6.84. The number of aliphatic hydroxyl groups excluding tert-OH is 4. The molecule has 0 saturated carbocycles. The molecule has 9 nitrogen and oxygen atoms in total. The highest BCUT2D eigenvalue weighted by Gasteiger charge is 2.45. The van der Waals surface area contributed by atoms with Crippen LogP contribution >= 0.6 is 0 Å². The number of methoxy groups -OCH3 is 1. The van der Waals surface area contributed by atoms with Crippen LogP contribution in [0.2, 0.25) is 0 Å². The zero-order valence-corrected chi connectivity index (χ0v) is 16.1. The number of ketones is 1. The van der Waals surface area contributed by atoms with Crippen molar-refractivity contribution in [1.82, 2.24) is 4.98 Å². The van der Waals surface area contributed by atoms with Crippen molar-refractivity contribution in [2.24, 2.45) is 0 Å². The first-order valence-corrected chi connectivity index (χ1v) is 9.21. The topological polar surface area (TPSA) is 150 Å². The molecule has 2 heterocycles. The van der Waals surface area contributed by atoms with E-state index in [1.165, 1.54) is 25.3 Å². The molecule has 1 fully saturated rings. The van der Waals surface area contributed by atoms with Gasteiger partial charge in [-0.1, -0.05) is 6.08 Å². The zero-order valence-electron chi connectivity index (χ0n) is 16.1. The third kappa shape index (κ3) is 4.35. The molecular weight excluding hydrogens is 394 g/mol. The number of aliphatic hydroxyl groups is 4. The van der Waals surface area contributed by atoms with E-state index in [0.717, 1.165) is 5.56 Å². The number of benzene rings is 1. The van der Waals surface area contributed by atoms with Gasteiger partial charge in [0, 0.05) is 24.0 Å². The molecule has 3 rings (SSSR count). The molecule has 1 saturated heterocycles. The van der Waals surface area contributed by atoms with E-state index >= 15 is 0 Å². The summed E-state index contributed by atoms with van der Waals surface area (Å²) in [6.45, 7) is -0.595. The Bertz CT molecular complexity index is 915. The van der Waals surface area contributed by atoms with Crippen molar-refractivity contribution in [3.8, 4) is 11.5 Å². The molecule has 1 aliphatic heterocycles. The van der Waals surface area contributed by atoms with E-state index in [4.69, 9.17) is 9.47 Å². The largest absolute Gasteiger partial charge is 0.507 e. The predicted molar refractivity (Wildman–Crippen MR) is 105 cm³/mol. The lowest BCUT2D eigenvalue weighted by molar-refractivity contribution is -0.232. The van der Waals surface area contributed by atoms with Crippen LogP contribution in [0.3, 0.4) is 0 Å². The number of phenols is 1. The molecule has 0 aliphatic carbocycles. The second-order valence-corrected chi connectivity index (χ2v) is 6.84. The standard InChI is InChI=1S/C21H23NO8/c1-29-16-9-15(25)12(14(24)3-2-11-4-6-22-7-5-11)8-13(16)21-20(28)19(27)18(26)17(10-23)30-21/h2-9,17-21,23,25-28H,10H2,1H3. The molecule has 5 atom stereocenters. The van der Waals surface area contributed by atoms with E-state index < -0.39 is 42.9 Å². The lowest BCUT2D eigenvalue weighted by Crippen LogP contribution is -2.55. The van der Waals surface area contributed by atoms with E-state index in [1.54, 1.807) is 30.6 Å². The molecule has 0 spiro atoms. The summed E-state index contributed by atoms with van der Waals surface area (Å²) in [4.78, 5) is 16.5. The monoisotopic (exact) mass is 417 g/mol. The normalized spacial score (nSPS) is 26.6. The maximum atomic E-state index is 12.7. The van der Waals surface area contributed by atoms with Crippen LogP contribution in [-0.4, -0.2) is 74.4 Å². The Labute approximate surface area is 172 Å². The molecule has 1 aliphatic rings. The Hall–Kier alpha value is -2.82. The van der Waals surface area contributed by atoms with Crippen LogP contribution in [0.15, 0.2) is 42.7 Å². The van der Waals surface area contributed by atoms with Crippen LogP contribution in [0, 0.1) is 0 Å². The Balaban J connectivity index is 1.97. The number of allylic oxidation sites excluding steroid dienone is 1. The summed E-state index contributed by atoms with van der Waals surface area (Å²) >= 11 is 0. The number of ether oxygens (including phenoxy) is 2. The van der Waals surface area contributed by atoms with Crippen molar-refractivity contribution in [1.29, 1.82) is 0 Å². The number of aromatic hydroxyl groups is 1. The van der Waals surface area contributed by atoms with Gasteiger partial charge in [0.25, 0.3) is 0 Å². The number of carbonyl (C=O) groups excluding carboxylic acids is 1. The zero-order chi connectivity index (χ0) is 21.8. The highest BCUT2D eigenvalue weighted by atomic mass is 16.5. The van der Waals surface area contributed by atoms with Crippen molar-refractivity contribution in [3.05, 3.63) is 59.4 Å². The third-order valence-corrected chi connectivity index (χ3v) is 4.95. The minimum Gasteiger partial charge on any atom is -0.507 e. The summed E-state index contributed by atoms with van der Waals surface area (Å²) in [5, 5.41) is 50.2. The minimum absolute atomic E-state index is 0.0759. The Morgan fingerprint density at radius 3 is 2.50 bits per heavy atom. The summed E-state index contributed by atoms with van der Waals surface area (Å²) < 4.78 is 10.8. The van der Waals surface area contributed by atoms with Crippen LogP contribution < -0.4 is 4.74 Å². The molecule has 9 heteroatoms. The highest BCUT2D eigenvalue weighted by molar-refractivity contribution is 6.08. The molecule has 0 bridgehead atoms. The number of hydrogen-bond donors (Lipinski definition) is 5. The fourth-order valence-corrected chi connectivity index (χ4v) is 3.28. The van der Waals surface area contributed by atoms with Gasteiger partial charge in [-0.2, -0.15) is 0 Å². The van der Waals surface area contributed by atoms with Gasteiger partial charge in [-0.05, 0) is 29.8 Å². The first kappa shape index (κ1) is 21.9. The van der Waals surface area contributed by atoms with Gasteiger partial charge in [0.15, 0.2) is 5.78 Å². The van der Waals surface area contributed by atoms with Crippen LogP contribution in [0.25, 0.3) is 6.08 Å².